The van der Waals surface area contributed by atoms with Gasteiger partial charge in [0.1, 0.15) is 11.4 Å². The summed E-state index contributed by atoms with van der Waals surface area (Å²) in [4.78, 5) is 4.30. The van der Waals surface area contributed by atoms with E-state index in [9.17, 15) is 5.11 Å². The van der Waals surface area contributed by atoms with Gasteiger partial charge in [-0.1, -0.05) is 0 Å². The summed E-state index contributed by atoms with van der Waals surface area (Å²) in [7, 11) is 1.71. The van der Waals surface area contributed by atoms with Gasteiger partial charge in [-0.2, -0.15) is 0 Å². The molecule has 0 saturated carbocycles. The molecule has 100 valence electrons. The van der Waals surface area contributed by atoms with Crippen molar-refractivity contribution in [1.29, 1.82) is 0 Å². The van der Waals surface area contributed by atoms with Crippen molar-refractivity contribution in [2.75, 3.05) is 26.9 Å². The lowest BCUT2D eigenvalue weighted by atomic mass is 10.0. The van der Waals surface area contributed by atoms with Crippen LogP contribution in [0.25, 0.3) is 0 Å². The van der Waals surface area contributed by atoms with Crippen molar-refractivity contribution in [2.45, 2.75) is 25.5 Å². The van der Waals surface area contributed by atoms with Crippen LogP contribution in [-0.4, -0.2) is 42.6 Å². The van der Waals surface area contributed by atoms with Crippen LogP contribution >= 0.6 is 0 Å². The zero-order valence-electron chi connectivity index (χ0n) is 10.9. The molecule has 1 aliphatic rings. The lowest BCUT2D eigenvalue weighted by molar-refractivity contribution is -0.0160. The predicted molar refractivity (Wildman–Crippen MR) is 67.5 cm³/mol. The van der Waals surface area contributed by atoms with E-state index < -0.39 is 0 Å². The van der Waals surface area contributed by atoms with Gasteiger partial charge in [0, 0.05) is 38.9 Å². The van der Waals surface area contributed by atoms with E-state index in [4.69, 9.17) is 9.47 Å². The Bertz CT molecular complexity index is 403. The van der Waals surface area contributed by atoms with Crippen molar-refractivity contribution in [2.24, 2.45) is 0 Å². The van der Waals surface area contributed by atoms with Crippen LogP contribution in [0.15, 0.2) is 12.1 Å². The van der Waals surface area contributed by atoms with Crippen LogP contribution in [0.1, 0.15) is 17.8 Å². The minimum absolute atomic E-state index is 0.224. The van der Waals surface area contributed by atoms with E-state index in [-0.39, 0.29) is 11.4 Å². The number of aromatic hydroxyl groups is 1. The van der Waals surface area contributed by atoms with Crippen molar-refractivity contribution in [1.82, 2.24) is 10.3 Å². The molecular formula is C13H20N2O3. The average molecular weight is 252 g/mol. The highest BCUT2D eigenvalue weighted by Crippen LogP contribution is 2.22. The Morgan fingerprint density at radius 1 is 1.56 bits per heavy atom. The van der Waals surface area contributed by atoms with E-state index in [2.05, 4.69) is 10.3 Å². The third-order valence-electron chi connectivity index (χ3n) is 3.33. The van der Waals surface area contributed by atoms with E-state index in [1.165, 1.54) is 0 Å². The first-order valence-corrected chi connectivity index (χ1v) is 6.14. The van der Waals surface area contributed by atoms with Gasteiger partial charge in [-0.15, -0.1) is 0 Å². The zero-order chi connectivity index (χ0) is 13.0. The van der Waals surface area contributed by atoms with E-state index >= 15 is 0 Å². The summed E-state index contributed by atoms with van der Waals surface area (Å²) in [5.74, 6) is 0.224. The Kier molecular flexibility index (Phi) is 4.16. The minimum atomic E-state index is -0.237. The van der Waals surface area contributed by atoms with Gasteiger partial charge in [0.15, 0.2) is 0 Å². The molecule has 0 aliphatic carbocycles. The normalized spacial score (nSPS) is 23.4. The molecule has 5 nitrogen and oxygen atoms in total. The number of hydrogen-bond acceptors (Lipinski definition) is 5. The summed E-state index contributed by atoms with van der Waals surface area (Å²) < 4.78 is 10.9. The fourth-order valence-electron chi connectivity index (χ4n) is 2.10. The maximum Gasteiger partial charge on any atom is 0.138 e. The van der Waals surface area contributed by atoms with Crippen LogP contribution < -0.4 is 5.32 Å². The van der Waals surface area contributed by atoms with Gasteiger partial charge in [0.25, 0.3) is 0 Å². The van der Waals surface area contributed by atoms with Crippen molar-refractivity contribution in [3.63, 3.8) is 0 Å². The monoisotopic (exact) mass is 252 g/mol. The Labute approximate surface area is 107 Å². The Morgan fingerprint density at radius 2 is 2.39 bits per heavy atom. The molecular weight excluding hydrogens is 232 g/mol. The van der Waals surface area contributed by atoms with Gasteiger partial charge in [-0.25, -0.2) is 0 Å². The number of aryl methyl sites for hydroxylation is 1. The number of hydrogen-bond donors (Lipinski definition) is 2. The minimum Gasteiger partial charge on any atom is -0.506 e. The number of rotatable bonds is 5. The van der Waals surface area contributed by atoms with Crippen molar-refractivity contribution in [3.8, 4) is 5.75 Å². The molecule has 18 heavy (non-hydrogen) atoms. The van der Waals surface area contributed by atoms with Gasteiger partial charge < -0.3 is 19.9 Å². The summed E-state index contributed by atoms with van der Waals surface area (Å²) >= 11 is 0. The fourth-order valence-corrected chi connectivity index (χ4v) is 2.10. The highest BCUT2D eigenvalue weighted by Gasteiger charge is 2.34. The zero-order valence-corrected chi connectivity index (χ0v) is 10.9. The summed E-state index contributed by atoms with van der Waals surface area (Å²) in [6.45, 7) is 4.48. The van der Waals surface area contributed by atoms with E-state index in [1.807, 2.05) is 6.92 Å². The third kappa shape index (κ3) is 2.98. The molecule has 1 unspecified atom stereocenters. The number of nitrogens with one attached hydrogen (secondary N) is 1. The van der Waals surface area contributed by atoms with Crippen molar-refractivity contribution in [3.05, 3.63) is 23.5 Å². The van der Waals surface area contributed by atoms with Crippen molar-refractivity contribution < 1.29 is 14.6 Å². The van der Waals surface area contributed by atoms with Gasteiger partial charge in [-0.3, -0.25) is 4.98 Å². The molecule has 0 aromatic carbocycles. The lowest BCUT2D eigenvalue weighted by Gasteiger charge is -2.26. The number of methoxy groups -OCH3 is 1. The number of nitrogens with zero attached hydrogens (tertiary/aromatic N) is 1. The standard InChI is InChI=1S/C13H20N2O3/c1-10-3-4-12(16)11(15-10)7-14-8-13(17-2)5-6-18-9-13/h3-4,14,16H,5-9H2,1-2H3. The Morgan fingerprint density at radius 3 is 3.06 bits per heavy atom. The molecule has 1 saturated heterocycles. The van der Waals surface area contributed by atoms with Gasteiger partial charge in [-0.05, 0) is 19.1 Å². The van der Waals surface area contributed by atoms with Crippen LogP contribution in [0.2, 0.25) is 0 Å². The van der Waals surface area contributed by atoms with Gasteiger partial charge in [0.2, 0.25) is 0 Å². The molecule has 0 bridgehead atoms. The van der Waals surface area contributed by atoms with E-state index in [0.717, 1.165) is 18.7 Å². The van der Waals surface area contributed by atoms with Crippen LogP contribution in [0.4, 0.5) is 0 Å². The first-order valence-electron chi connectivity index (χ1n) is 6.14. The van der Waals surface area contributed by atoms with Crippen LogP contribution in [0.5, 0.6) is 5.75 Å². The maximum absolute atomic E-state index is 9.69. The van der Waals surface area contributed by atoms with E-state index in [1.54, 1.807) is 19.2 Å². The first kappa shape index (κ1) is 13.3. The number of pyridine rings is 1. The second-order valence-electron chi connectivity index (χ2n) is 4.71. The van der Waals surface area contributed by atoms with Crippen molar-refractivity contribution >= 4 is 0 Å². The summed E-state index contributed by atoms with van der Waals surface area (Å²) in [5, 5.41) is 13.0. The quantitative estimate of drug-likeness (QED) is 0.818. The first-order chi connectivity index (χ1) is 8.65. The molecule has 0 radical (unpaired) electrons. The topological polar surface area (TPSA) is 63.6 Å². The average Bonchev–Trinajstić information content (AvgIpc) is 2.83. The summed E-state index contributed by atoms with van der Waals surface area (Å²) in [6, 6.07) is 3.46. The molecule has 1 aromatic heterocycles. The van der Waals surface area contributed by atoms with Crippen LogP contribution in [0, 0.1) is 6.92 Å². The number of aromatic nitrogens is 1. The Balaban J connectivity index is 1.89. The molecule has 2 rings (SSSR count). The lowest BCUT2D eigenvalue weighted by Crippen LogP contribution is -2.42. The molecule has 1 aliphatic heterocycles. The highest BCUT2D eigenvalue weighted by atomic mass is 16.5. The van der Waals surface area contributed by atoms with E-state index in [0.29, 0.717) is 25.4 Å². The van der Waals surface area contributed by atoms with Gasteiger partial charge >= 0.3 is 0 Å². The SMILES string of the molecule is COC1(CNCc2nc(C)ccc2O)CCOC1. The molecule has 2 heterocycles. The predicted octanol–water partition coefficient (Wildman–Crippen LogP) is 0.991. The maximum atomic E-state index is 9.69. The van der Waals surface area contributed by atoms with Crippen LogP contribution in [-0.2, 0) is 16.0 Å². The molecule has 1 aromatic rings. The molecule has 1 fully saturated rings. The highest BCUT2D eigenvalue weighted by molar-refractivity contribution is 5.27. The number of ether oxygens (including phenoxy) is 2. The smallest absolute Gasteiger partial charge is 0.138 e. The fraction of sp³-hybridized carbons (Fsp3) is 0.615. The molecule has 5 heteroatoms. The summed E-state index contributed by atoms with van der Waals surface area (Å²) in [6.07, 6.45) is 0.893. The molecule has 0 amide bonds. The second kappa shape index (κ2) is 5.65. The largest absolute Gasteiger partial charge is 0.506 e. The third-order valence-corrected chi connectivity index (χ3v) is 3.33. The second-order valence-corrected chi connectivity index (χ2v) is 4.71. The molecule has 2 N–H and O–H groups in total. The van der Waals surface area contributed by atoms with Gasteiger partial charge in [0.05, 0.1) is 12.3 Å². The summed E-state index contributed by atoms with van der Waals surface area (Å²) in [5.41, 5.74) is 1.33. The molecule has 0 spiro atoms. The van der Waals surface area contributed by atoms with Crippen LogP contribution in [0.3, 0.4) is 0 Å². The molecule has 1 atom stereocenters. The Hall–Kier alpha value is -1.17.